The molecule has 5 heteroatoms. The third-order valence-electron chi connectivity index (χ3n) is 4.46. The quantitative estimate of drug-likeness (QED) is 0.851. The first-order chi connectivity index (χ1) is 11.1. The summed E-state index contributed by atoms with van der Waals surface area (Å²) in [4.78, 5) is 29.2. The minimum absolute atomic E-state index is 0.0252. The molecule has 23 heavy (non-hydrogen) atoms. The minimum atomic E-state index is -0.842. The van der Waals surface area contributed by atoms with Gasteiger partial charge in [-0.2, -0.15) is 0 Å². The van der Waals surface area contributed by atoms with Gasteiger partial charge in [0.05, 0.1) is 5.69 Å². The molecule has 2 aliphatic heterocycles. The number of anilines is 2. The molecule has 4 nitrogen and oxygen atoms in total. The molecule has 1 atom stereocenters. The van der Waals surface area contributed by atoms with E-state index >= 15 is 0 Å². The minimum Gasteiger partial charge on any atom is -0.313 e. The highest BCUT2D eigenvalue weighted by Crippen LogP contribution is 2.56. The average molecular weight is 324 g/mol. The Morgan fingerprint density at radius 1 is 1.13 bits per heavy atom. The molecule has 116 valence electrons. The van der Waals surface area contributed by atoms with Crippen LogP contribution < -0.4 is 9.80 Å². The van der Waals surface area contributed by atoms with Crippen LogP contribution in [0.4, 0.5) is 11.4 Å². The Hall–Kier alpha value is -2.27. The molecule has 2 aromatic rings. The molecule has 0 spiro atoms. The van der Waals surface area contributed by atoms with E-state index in [1.54, 1.807) is 16.8 Å². The maximum Gasteiger partial charge on any atom is 0.263 e. The van der Waals surface area contributed by atoms with Gasteiger partial charge in [-0.3, -0.25) is 14.5 Å². The monoisotopic (exact) mass is 324 g/mol. The summed E-state index contributed by atoms with van der Waals surface area (Å²) in [6.45, 7) is 0. The molecule has 0 aliphatic carbocycles. The molecular weight excluding hydrogens is 308 g/mol. The Bertz CT molecular complexity index is 793. The molecule has 2 aliphatic rings. The van der Waals surface area contributed by atoms with E-state index in [1.807, 2.05) is 54.6 Å². The van der Waals surface area contributed by atoms with Gasteiger partial charge in [-0.05, 0) is 30.7 Å². The Balaban J connectivity index is 1.76. The van der Waals surface area contributed by atoms with Crippen LogP contribution in [0.1, 0.15) is 12.8 Å². The van der Waals surface area contributed by atoms with Gasteiger partial charge in [0.15, 0.2) is 4.87 Å². The van der Waals surface area contributed by atoms with Crippen molar-refractivity contribution in [3.63, 3.8) is 0 Å². The molecule has 4 rings (SSSR count). The average Bonchev–Trinajstić information content (AvgIpc) is 3.10. The zero-order chi connectivity index (χ0) is 16.0. The second kappa shape index (κ2) is 5.13. The number of nitrogens with zero attached hydrogens (tertiary/aromatic N) is 2. The smallest absolute Gasteiger partial charge is 0.263 e. The molecule has 0 aromatic heterocycles. The molecule has 2 heterocycles. The fraction of sp³-hybridized carbons (Fsp3) is 0.222. The number of benzene rings is 2. The van der Waals surface area contributed by atoms with Crippen LogP contribution in [0.3, 0.4) is 0 Å². The highest BCUT2D eigenvalue weighted by molar-refractivity contribution is 8.02. The lowest BCUT2D eigenvalue weighted by Gasteiger charge is -2.33. The summed E-state index contributed by atoms with van der Waals surface area (Å²) in [7, 11) is 1.77. The van der Waals surface area contributed by atoms with Gasteiger partial charge in [0.25, 0.3) is 5.91 Å². The zero-order valence-corrected chi connectivity index (χ0v) is 13.5. The van der Waals surface area contributed by atoms with Gasteiger partial charge in [-0.15, -0.1) is 0 Å². The first-order valence-corrected chi connectivity index (χ1v) is 8.39. The van der Waals surface area contributed by atoms with Gasteiger partial charge in [0, 0.05) is 24.1 Å². The number of hydrogen-bond acceptors (Lipinski definition) is 3. The van der Waals surface area contributed by atoms with Crippen molar-refractivity contribution in [1.82, 2.24) is 0 Å². The van der Waals surface area contributed by atoms with Crippen LogP contribution in [0, 0.1) is 0 Å². The van der Waals surface area contributed by atoms with Crippen molar-refractivity contribution in [3.05, 3.63) is 54.6 Å². The zero-order valence-electron chi connectivity index (χ0n) is 12.7. The third-order valence-corrected chi connectivity index (χ3v) is 5.92. The highest BCUT2D eigenvalue weighted by Gasteiger charge is 2.58. The Kier molecular flexibility index (Phi) is 3.20. The summed E-state index contributed by atoms with van der Waals surface area (Å²) in [5.74, 6) is -0.0204. The summed E-state index contributed by atoms with van der Waals surface area (Å²) in [5.41, 5.74) is 1.69. The number of amides is 2. The molecule has 0 radical (unpaired) electrons. The number of thioether (sulfide) groups is 1. The summed E-state index contributed by atoms with van der Waals surface area (Å²) >= 11 is 1.50. The number of fused-ring (bicyclic) bond motifs is 3. The van der Waals surface area contributed by atoms with E-state index in [4.69, 9.17) is 0 Å². The lowest BCUT2D eigenvalue weighted by atomic mass is 10.1. The molecule has 2 aromatic carbocycles. The fourth-order valence-corrected chi connectivity index (χ4v) is 4.81. The van der Waals surface area contributed by atoms with Crippen LogP contribution in [0.15, 0.2) is 59.5 Å². The second-order valence-corrected chi connectivity index (χ2v) is 7.10. The number of rotatable bonds is 2. The van der Waals surface area contributed by atoms with Crippen LogP contribution in [0.2, 0.25) is 0 Å². The SMILES string of the molecule is CN(C(=O)[C@@]12CCC(=O)N1c1ccccc1S2)c1ccccc1. The largest absolute Gasteiger partial charge is 0.313 e. The van der Waals surface area contributed by atoms with Crippen molar-refractivity contribution < 1.29 is 9.59 Å². The van der Waals surface area contributed by atoms with Crippen molar-refractivity contribution >= 4 is 35.0 Å². The summed E-state index contributed by atoms with van der Waals surface area (Å²) in [6.07, 6.45) is 0.955. The topological polar surface area (TPSA) is 40.6 Å². The van der Waals surface area contributed by atoms with E-state index in [-0.39, 0.29) is 11.8 Å². The Labute approximate surface area is 139 Å². The normalized spacial score (nSPS) is 22.0. The van der Waals surface area contributed by atoms with Crippen molar-refractivity contribution in [2.24, 2.45) is 0 Å². The maximum atomic E-state index is 13.3. The number of carbonyl (C=O) groups excluding carboxylic acids is 2. The van der Waals surface area contributed by atoms with E-state index in [1.165, 1.54) is 11.8 Å². The van der Waals surface area contributed by atoms with Gasteiger partial charge in [-0.1, -0.05) is 42.1 Å². The van der Waals surface area contributed by atoms with Crippen LogP contribution >= 0.6 is 11.8 Å². The predicted octanol–water partition coefficient (Wildman–Crippen LogP) is 3.28. The lowest BCUT2D eigenvalue weighted by Crippen LogP contribution is -2.53. The second-order valence-electron chi connectivity index (χ2n) is 5.78. The fourth-order valence-electron chi connectivity index (χ4n) is 3.31. The molecule has 0 bridgehead atoms. The number of likely N-dealkylation sites (N-methyl/N-ethyl adjacent to an activating group) is 1. The first-order valence-electron chi connectivity index (χ1n) is 7.58. The molecule has 2 amide bonds. The summed E-state index contributed by atoms with van der Waals surface area (Å²) in [6, 6.07) is 17.3. The molecule has 0 N–H and O–H groups in total. The summed E-state index contributed by atoms with van der Waals surface area (Å²) in [5, 5.41) is 0. The third kappa shape index (κ3) is 2.00. The van der Waals surface area contributed by atoms with E-state index in [0.717, 1.165) is 16.3 Å². The van der Waals surface area contributed by atoms with Crippen molar-refractivity contribution in [2.75, 3.05) is 16.8 Å². The first kappa shape index (κ1) is 14.3. The Morgan fingerprint density at radius 2 is 1.83 bits per heavy atom. The maximum absolute atomic E-state index is 13.3. The van der Waals surface area contributed by atoms with Gasteiger partial charge in [0.2, 0.25) is 5.91 Å². The molecular formula is C18H16N2O2S. The molecule has 0 saturated carbocycles. The van der Waals surface area contributed by atoms with Gasteiger partial charge < -0.3 is 4.90 Å². The molecule has 0 unspecified atom stereocenters. The van der Waals surface area contributed by atoms with Crippen molar-refractivity contribution in [2.45, 2.75) is 22.6 Å². The van der Waals surface area contributed by atoms with E-state index in [2.05, 4.69) is 0 Å². The van der Waals surface area contributed by atoms with Crippen LogP contribution in [-0.4, -0.2) is 23.7 Å². The van der Waals surface area contributed by atoms with Gasteiger partial charge >= 0.3 is 0 Å². The van der Waals surface area contributed by atoms with Crippen molar-refractivity contribution in [1.29, 1.82) is 0 Å². The number of para-hydroxylation sites is 2. The van der Waals surface area contributed by atoms with Crippen LogP contribution in [0.5, 0.6) is 0 Å². The lowest BCUT2D eigenvalue weighted by molar-refractivity contribution is -0.122. The highest BCUT2D eigenvalue weighted by atomic mass is 32.2. The van der Waals surface area contributed by atoms with Crippen LogP contribution in [0.25, 0.3) is 0 Å². The molecule has 1 fully saturated rings. The summed E-state index contributed by atoms with van der Waals surface area (Å²) < 4.78 is 0. The van der Waals surface area contributed by atoms with Crippen LogP contribution in [-0.2, 0) is 9.59 Å². The molecule has 1 saturated heterocycles. The number of carbonyl (C=O) groups is 2. The van der Waals surface area contributed by atoms with E-state index in [9.17, 15) is 9.59 Å². The van der Waals surface area contributed by atoms with E-state index in [0.29, 0.717) is 12.8 Å². The number of hydrogen-bond donors (Lipinski definition) is 0. The standard InChI is InChI=1S/C18H16N2O2S/c1-19(13-7-3-2-4-8-13)17(22)18-12-11-16(21)20(18)14-9-5-6-10-15(14)23-18/h2-10H,11-12H2,1H3/t18-/m0/s1. The Morgan fingerprint density at radius 3 is 2.61 bits per heavy atom. The van der Waals surface area contributed by atoms with Crippen molar-refractivity contribution in [3.8, 4) is 0 Å². The van der Waals surface area contributed by atoms with Gasteiger partial charge in [0.1, 0.15) is 0 Å². The van der Waals surface area contributed by atoms with Gasteiger partial charge in [-0.25, -0.2) is 0 Å². The van der Waals surface area contributed by atoms with E-state index < -0.39 is 4.87 Å². The predicted molar refractivity (Wildman–Crippen MR) is 91.6 cm³/mol.